The summed E-state index contributed by atoms with van der Waals surface area (Å²) in [6.07, 6.45) is 4.93. The molecule has 2 N–H and O–H groups in total. The van der Waals surface area contributed by atoms with Gasteiger partial charge in [-0.1, -0.05) is 42.7 Å². The first-order valence-corrected chi connectivity index (χ1v) is 8.37. The third-order valence-corrected chi connectivity index (χ3v) is 4.84. The molecule has 0 spiro atoms. The number of amides is 1. The van der Waals surface area contributed by atoms with Gasteiger partial charge in [-0.2, -0.15) is 0 Å². The van der Waals surface area contributed by atoms with Crippen LogP contribution in [-0.4, -0.2) is 31.7 Å². The van der Waals surface area contributed by atoms with Crippen molar-refractivity contribution in [3.8, 4) is 0 Å². The highest BCUT2D eigenvalue weighted by Gasteiger charge is 2.37. The molecule has 3 rings (SSSR count). The quantitative estimate of drug-likeness (QED) is 0.887. The van der Waals surface area contributed by atoms with Crippen molar-refractivity contribution in [3.05, 3.63) is 35.4 Å². The van der Waals surface area contributed by atoms with Gasteiger partial charge in [-0.05, 0) is 25.3 Å². The number of hydrogen-bond acceptors (Lipinski definition) is 3. The lowest BCUT2D eigenvalue weighted by molar-refractivity contribution is -0.124. The maximum absolute atomic E-state index is 12.5. The van der Waals surface area contributed by atoms with Crippen LogP contribution in [0.2, 0.25) is 0 Å². The van der Waals surface area contributed by atoms with E-state index in [4.69, 9.17) is 4.74 Å². The van der Waals surface area contributed by atoms with Gasteiger partial charge in [0.1, 0.15) is 0 Å². The molecule has 0 aromatic heterocycles. The number of halogens is 1. The summed E-state index contributed by atoms with van der Waals surface area (Å²) in [5, 5.41) is 6.70. The third-order valence-electron chi connectivity index (χ3n) is 4.84. The summed E-state index contributed by atoms with van der Waals surface area (Å²) >= 11 is 0. The number of carbonyl (C=O) groups is 1. The molecule has 1 saturated carbocycles. The molecule has 0 radical (unpaired) electrons. The van der Waals surface area contributed by atoms with Crippen molar-refractivity contribution < 1.29 is 9.53 Å². The van der Waals surface area contributed by atoms with Crippen molar-refractivity contribution in [1.29, 1.82) is 0 Å². The molecule has 1 atom stereocenters. The predicted molar refractivity (Wildman–Crippen MR) is 93.9 cm³/mol. The lowest BCUT2D eigenvalue weighted by Crippen LogP contribution is -2.48. The van der Waals surface area contributed by atoms with Crippen LogP contribution >= 0.6 is 12.4 Å². The molecule has 1 aromatic carbocycles. The Labute approximate surface area is 144 Å². The standard InChI is InChI=1S/C18H26N2O2.ClH/c1-14-5-4-6-15(11-14)18(7-2-3-8-18)20-17(21)12-16-13-22-10-9-19-16;/h4-6,11,16,19H,2-3,7-10,12-13H2,1H3,(H,20,21);1H. The average molecular weight is 339 g/mol. The Hall–Kier alpha value is -1.10. The van der Waals surface area contributed by atoms with E-state index in [1.807, 2.05) is 0 Å². The Balaban J connectivity index is 0.00000192. The number of nitrogens with one attached hydrogen (secondary N) is 2. The van der Waals surface area contributed by atoms with E-state index in [-0.39, 0.29) is 29.9 Å². The number of carbonyl (C=O) groups excluding carboxylic acids is 1. The van der Waals surface area contributed by atoms with Crippen LogP contribution in [0.3, 0.4) is 0 Å². The Morgan fingerprint density at radius 2 is 2.17 bits per heavy atom. The van der Waals surface area contributed by atoms with Crippen LogP contribution in [0.4, 0.5) is 0 Å². The van der Waals surface area contributed by atoms with E-state index in [9.17, 15) is 4.79 Å². The fraction of sp³-hybridized carbons (Fsp3) is 0.611. The molecule has 1 unspecified atom stereocenters. The van der Waals surface area contributed by atoms with Crippen molar-refractivity contribution in [2.24, 2.45) is 0 Å². The van der Waals surface area contributed by atoms with E-state index in [1.165, 1.54) is 24.0 Å². The largest absolute Gasteiger partial charge is 0.378 e. The van der Waals surface area contributed by atoms with Crippen molar-refractivity contribution in [3.63, 3.8) is 0 Å². The van der Waals surface area contributed by atoms with Crippen LogP contribution in [0.1, 0.15) is 43.2 Å². The highest BCUT2D eigenvalue weighted by atomic mass is 35.5. The topological polar surface area (TPSA) is 50.4 Å². The molecule has 5 heteroatoms. The zero-order chi connectivity index (χ0) is 15.4. The molecule has 1 aliphatic carbocycles. The molecule has 128 valence electrons. The Morgan fingerprint density at radius 3 is 2.83 bits per heavy atom. The van der Waals surface area contributed by atoms with E-state index >= 15 is 0 Å². The van der Waals surface area contributed by atoms with E-state index in [0.717, 1.165) is 26.0 Å². The zero-order valence-electron chi connectivity index (χ0n) is 13.8. The summed E-state index contributed by atoms with van der Waals surface area (Å²) in [5.74, 6) is 0.131. The lowest BCUT2D eigenvalue weighted by atomic mass is 9.87. The average Bonchev–Trinajstić information content (AvgIpc) is 2.98. The van der Waals surface area contributed by atoms with Gasteiger partial charge in [0.25, 0.3) is 0 Å². The van der Waals surface area contributed by atoms with Crippen LogP contribution in [0.15, 0.2) is 24.3 Å². The van der Waals surface area contributed by atoms with Crippen LogP contribution < -0.4 is 10.6 Å². The molecule has 4 nitrogen and oxygen atoms in total. The van der Waals surface area contributed by atoms with Crippen molar-refractivity contribution >= 4 is 18.3 Å². The van der Waals surface area contributed by atoms with E-state index < -0.39 is 0 Å². The number of ether oxygens (including phenoxy) is 1. The van der Waals surface area contributed by atoms with Gasteiger partial charge in [0.2, 0.25) is 5.91 Å². The van der Waals surface area contributed by atoms with Crippen LogP contribution in [-0.2, 0) is 15.1 Å². The number of hydrogen-bond donors (Lipinski definition) is 2. The zero-order valence-corrected chi connectivity index (χ0v) is 14.6. The molecule has 1 saturated heterocycles. The second-order valence-corrected chi connectivity index (χ2v) is 6.64. The molecule has 1 amide bonds. The summed E-state index contributed by atoms with van der Waals surface area (Å²) in [6, 6.07) is 8.71. The van der Waals surface area contributed by atoms with E-state index in [2.05, 4.69) is 41.8 Å². The minimum Gasteiger partial charge on any atom is -0.378 e. The van der Waals surface area contributed by atoms with Gasteiger partial charge in [0.15, 0.2) is 0 Å². The van der Waals surface area contributed by atoms with Crippen molar-refractivity contribution in [2.45, 2.75) is 50.6 Å². The van der Waals surface area contributed by atoms with Crippen LogP contribution in [0, 0.1) is 6.92 Å². The van der Waals surface area contributed by atoms with Gasteiger partial charge in [-0.25, -0.2) is 0 Å². The van der Waals surface area contributed by atoms with Gasteiger partial charge < -0.3 is 15.4 Å². The SMILES string of the molecule is Cc1cccc(C2(NC(=O)CC3COCCN3)CCCC2)c1.Cl. The predicted octanol–water partition coefficient (Wildman–Crippen LogP) is 2.68. The van der Waals surface area contributed by atoms with Gasteiger partial charge in [0.05, 0.1) is 18.8 Å². The first-order chi connectivity index (χ1) is 10.7. The van der Waals surface area contributed by atoms with Gasteiger partial charge in [0, 0.05) is 19.0 Å². The molecule has 1 heterocycles. The maximum atomic E-state index is 12.5. The summed E-state index contributed by atoms with van der Waals surface area (Å²) in [7, 11) is 0. The Kier molecular flexibility index (Phi) is 6.45. The van der Waals surface area contributed by atoms with E-state index in [0.29, 0.717) is 13.0 Å². The summed E-state index contributed by atoms with van der Waals surface area (Å²) in [5.41, 5.74) is 2.34. The number of rotatable bonds is 4. The molecule has 23 heavy (non-hydrogen) atoms. The highest BCUT2D eigenvalue weighted by Crippen LogP contribution is 2.39. The maximum Gasteiger partial charge on any atom is 0.222 e. The monoisotopic (exact) mass is 338 g/mol. The molecule has 2 aliphatic rings. The summed E-state index contributed by atoms with van der Waals surface area (Å²) < 4.78 is 5.44. The van der Waals surface area contributed by atoms with E-state index in [1.54, 1.807) is 0 Å². The molecule has 2 fully saturated rings. The Morgan fingerprint density at radius 1 is 1.39 bits per heavy atom. The number of aryl methyl sites for hydroxylation is 1. The smallest absolute Gasteiger partial charge is 0.222 e. The lowest BCUT2D eigenvalue weighted by Gasteiger charge is -2.32. The van der Waals surface area contributed by atoms with Crippen molar-refractivity contribution in [2.75, 3.05) is 19.8 Å². The van der Waals surface area contributed by atoms with Crippen LogP contribution in [0.5, 0.6) is 0 Å². The molecule has 1 aromatic rings. The molecular weight excluding hydrogens is 312 g/mol. The second-order valence-electron chi connectivity index (χ2n) is 6.64. The second kappa shape index (κ2) is 8.13. The molecule has 1 aliphatic heterocycles. The fourth-order valence-electron chi connectivity index (χ4n) is 3.70. The minimum atomic E-state index is -0.168. The third kappa shape index (κ3) is 4.46. The number of benzene rings is 1. The van der Waals surface area contributed by atoms with Gasteiger partial charge >= 0.3 is 0 Å². The van der Waals surface area contributed by atoms with Gasteiger partial charge in [-0.15, -0.1) is 12.4 Å². The molecule has 0 bridgehead atoms. The summed E-state index contributed by atoms with van der Waals surface area (Å²) in [6.45, 7) is 4.31. The van der Waals surface area contributed by atoms with Crippen molar-refractivity contribution in [1.82, 2.24) is 10.6 Å². The fourth-order valence-corrected chi connectivity index (χ4v) is 3.70. The minimum absolute atomic E-state index is 0. The number of morpholine rings is 1. The normalized spacial score (nSPS) is 23.1. The van der Waals surface area contributed by atoms with Gasteiger partial charge in [-0.3, -0.25) is 4.79 Å². The first kappa shape index (κ1) is 18.2. The summed E-state index contributed by atoms with van der Waals surface area (Å²) in [4.78, 5) is 12.5. The first-order valence-electron chi connectivity index (χ1n) is 8.37. The molecular formula is C18H27ClN2O2. The Bertz CT molecular complexity index is 524. The highest BCUT2D eigenvalue weighted by molar-refractivity contribution is 5.85. The van der Waals surface area contributed by atoms with Crippen LogP contribution in [0.25, 0.3) is 0 Å².